The molecule has 1 aliphatic heterocycles. The molecule has 2 aromatic heterocycles. The van der Waals surface area contributed by atoms with Crippen LogP contribution in [0.5, 0.6) is 0 Å². The molecule has 0 aliphatic carbocycles. The minimum atomic E-state index is -0.138. The lowest BCUT2D eigenvalue weighted by Crippen LogP contribution is -2.29. The highest BCUT2D eigenvalue weighted by molar-refractivity contribution is 7.12. The average Bonchev–Trinajstić information content (AvgIpc) is 3.01. The van der Waals surface area contributed by atoms with Crippen LogP contribution in [0.4, 0.5) is 0 Å². The summed E-state index contributed by atoms with van der Waals surface area (Å²) in [5.41, 5.74) is -0.138. The summed E-state index contributed by atoms with van der Waals surface area (Å²) in [6.07, 6.45) is 3.19. The van der Waals surface area contributed by atoms with Crippen molar-refractivity contribution in [2.45, 2.75) is 19.3 Å². The summed E-state index contributed by atoms with van der Waals surface area (Å²) < 4.78 is 1.70. The van der Waals surface area contributed by atoms with E-state index in [1.165, 1.54) is 0 Å². The number of hydrogen-bond acceptors (Lipinski definition) is 4. The number of rotatable bonds is 3. The first-order valence-electron chi connectivity index (χ1n) is 6.25. The Morgan fingerprint density at radius 2 is 2.21 bits per heavy atom. The van der Waals surface area contributed by atoms with Crippen molar-refractivity contribution < 1.29 is 0 Å². The molecule has 19 heavy (non-hydrogen) atoms. The maximum absolute atomic E-state index is 11.8. The van der Waals surface area contributed by atoms with E-state index in [0.717, 1.165) is 43.2 Å². The van der Waals surface area contributed by atoms with Crippen LogP contribution in [0, 0.1) is 5.92 Å². The second-order valence-corrected chi connectivity index (χ2v) is 5.56. The number of piperidine rings is 1. The molecule has 0 atom stereocenters. The van der Waals surface area contributed by atoms with Crippen LogP contribution in [0.1, 0.15) is 18.7 Å². The second kappa shape index (κ2) is 6.36. The minimum absolute atomic E-state index is 0. The Bertz CT molecular complexity index is 557. The number of thiophene rings is 1. The Balaban J connectivity index is 0.00000133. The monoisotopic (exact) mass is 300 g/mol. The molecule has 3 heterocycles. The number of halogens is 1. The van der Waals surface area contributed by atoms with Gasteiger partial charge in [-0.15, -0.1) is 23.7 Å². The Morgan fingerprint density at radius 1 is 1.42 bits per heavy atom. The highest BCUT2D eigenvalue weighted by atomic mass is 35.5. The molecule has 1 fully saturated rings. The van der Waals surface area contributed by atoms with E-state index in [2.05, 4.69) is 15.5 Å². The average molecular weight is 301 g/mol. The topological polar surface area (TPSA) is 62.7 Å². The van der Waals surface area contributed by atoms with Gasteiger partial charge in [-0.1, -0.05) is 0 Å². The molecule has 1 aliphatic rings. The van der Waals surface area contributed by atoms with Gasteiger partial charge in [0, 0.05) is 6.42 Å². The zero-order valence-electron chi connectivity index (χ0n) is 10.5. The van der Waals surface area contributed by atoms with Crippen LogP contribution in [0.2, 0.25) is 0 Å². The molecule has 0 aromatic carbocycles. The first kappa shape index (κ1) is 14.3. The summed E-state index contributed by atoms with van der Waals surface area (Å²) in [6, 6.07) is 3.90. The van der Waals surface area contributed by atoms with Crippen LogP contribution in [-0.4, -0.2) is 27.9 Å². The van der Waals surface area contributed by atoms with E-state index in [4.69, 9.17) is 0 Å². The molecule has 0 radical (unpaired) electrons. The molecule has 7 heteroatoms. The maximum atomic E-state index is 11.8. The largest absolute Gasteiger partial charge is 0.348 e. The molecule has 5 nitrogen and oxygen atoms in total. The van der Waals surface area contributed by atoms with Crippen molar-refractivity contribution in [2.24, 2.45) is 5.92 Å². The van der Waals surface area contributed by atoms with Gasteiger partial charge in [0.1, 0.15) is 10.8 Å². The molecule has 3 rings (SSSR count). The molecule has 0 spiro atoms. The predicted octanol–water partition coefficient (Wildman–Crippen LogP) is 1.59. The lowest BCUT2D eigenvalue weighted by atomic mass is 9.94. The highest BCUT2D eigenvalue weighted by Gasteiger charge is 2.18. The fourth-order valence-electron chi connectivity index (χ4n) is 2.43. The lowest BCUT2D eigenvalue weighted by Gasteiger charge is -2.21. The van der Waals surface area contributed by atoms with Gasteiger partial charge in [-0.05, 0) is 49.4 Å². The maximum Gasteiger partial charge on any atom is 0.348 e. The third kappa shape index (κ3) is 3.08. The van der Waals surface area contributed by atoms with Gasteiger partial charge < -0.3 is 5.32 Å². The fourth-order valence-corrected chi connectivity index (χ4v) is 3.18. The Morgan fingerprint density at radius 3 is 2.89 bits per heavy atom. The number of H-pyrrole nitrogens is 1. The van der Waals surface area contributed by atoms with Crippen molar-refractivity contribution >= 4 is 23.7 Å². The Labute approximate surface area is 121 Å². The number of nitrogens with zero attached hydrogens (tertiary/aromatic N) is 2. The Kier molecular flexibility index (Phi) is 4.79. The van der Waals surface area contributed by atoms with Crippen LogP contribution in [0.3, 0.4) is 0 Å². The van der Waals surface area contributed by atoms with Gasteiger partial charge in [0.15, 0.2) is 0 Å². The Hall–Kier alpha value is -1.11. The van der Waals surface area contributed by atoms with E-state index in [1.54, 1.807) is 15.9 Å². The van der Waals surface area contributed by atoms with Gasteiger partial charge in [-0.25, -0.2) is 14.5 Å². The molecule has 0 saturated carbocycles. The van der Waals surface area contributed by atoms with E-state index in [9.17, 15) is 4.79 Å². The van der Waals surface area contributed by atoms with Gasteiger partial charge in [-0.3, -0.25) is 0 Å². The summed E-state index contributed by atoms with van der Waals surface area (Å²) in [4.78, 5) is 11.8. The van der Waals surface area contributed by atoms with E-state index in [-0.39, 0.29) is 18.1 Å². The SMILES string of the molecule is Cl.O=c1[nH]nc(CC2CCNCC2)n1-c1cccs1. The molecular formula is C12H17ClN4OS. The third-order valence-corrected chi connectivity index (χ3v) is 4.25. The zero-order valence-corrected chi connectivity index (χ0v) is 12.1. The molecular weight excluding hydrogens is 284 g/mol. The number of hydrogen-bond donors (Lipinski definition) is 2. The van der Waals surface area contributed by atoms with Crippen LogP contribution >= 0.6 is 23.7 Å². The van der Waals surface area contributed by atoms with Crippen LogP contribution in [0.25, 0.3) is 5.00 Å². The minimum Gasteiger partial charge on any atom is -0.317 e. The summed E-state index contributed by atoms with van der Waals surface area (Å²) in [5.74, 6) is 1.48. The quantitative estimate of drug-likeness (QED) is 0.905. The normalized spacial score (nSPS) is 16.2. The molecule has 0 unspecified atom stereocenters. The van der Waals surface area contributed by atoms with Crippen molar-refractivity contribution in [3.8, 4) is 5.00 Å². The molecule has 2 aromatic rings. The fraction of sp³-hybridized carbons (Fsp3) is 0.500. The predicted molar refractivity (Wildman–Crippen MR) is 78.6 cm³/mol. The van der Waals surface area contributed by atoms with Crippen molar-refractivity contribution in [1.82, 2.24) is 20.1 Å². The third-order valence-electron chi connectivity index (χ3n) is 3.40. The lowest BCUT2D eigenvalue weighted by molar-refractivity contribution is 0.365. The van der Waals surface area contributed by atoms with Crippen LogP contribution < -0.4 is 11.0 Å². The van der Waals surface area contributed by atoms with Crippen LogP contribution in [0.15, 0.2) is 22.3 Å². The summed E-state index contributed by atoms with van der Waals surface area (Å²) >= 11 is 1.56. The second-order valence-electron chi connectivity index (χ2n) is 4.63. The van der Waals surface area contributed by atoms with Gasteiger partial charge in [0.2, 0.25) is 0 Å². The number of nitrogens with one attached hydrogen (secondary N) is 2. The van der Waals surface area contributed by atoms with Gasteiger partial charge in [-0.2, -0.15) is 5.10 Å². The summed E-state index contributed by atoms with van der Waals surface area (Å²) in [6.45, 7) is 2.14. The molecule has 104 valence electrons. The number of aromatic amines is 1. The van der Waals surface area contributed by atoms with Gasteiger partial charge in [0.05, 0.1) is 0 Å². The standard InChI is InChI=1S/C12H16N4OS.ClH/c17-12-15-14-10(8-9-3-5-13-6-4-9)16(12)11-2-1-7-18-11;/h1-2,7,9,13H,3-6,8H2,(H,15,17);1H. The van der Waals surface area contributed by atoms with Crippen LogP contribution in [-0.2, 0) is 6.42 Å². The highest BCUT2D eigenvalue weighted by Crippen LogP contribution is 2.19. The smallest absolute Gasteiger partial charge is 0.317 e. The van der Waals surface area contributed by atoms with E-state index >= 15 is 0 Å². The first-order valence-corrected chi connectivity index (χ1v) is 7.13. The van der Waals surface area contributed by atoms with Gasteiger partial charge >= 0.3 is 5.69 Å². The number of aromatic nitrogens is 3. The van der Waals surface area contributed by atoms with Gasteiger partial charge in [0.25, 0.3) is 0 Å². The van der Waals surface area contributed by atoms with Crippen molar-refractivity contribution in [3.05, 3.63) is 33.8 Å². The van der Waals surface area contributed by atoms with E-state index in [1.807, 2.05) is 17.5 Å². The first-order chi connectivity index (χ1) is 8.84. The molecule has 0 amide bonds. The van der Waals surface area contributed by atoms with E-state index < -0.39 is 0 Å². The van der Waals surface area contributed by atoms with Crippen molar-refractivity contribution in [2.75, 3.05) is 13.1 Å². The van der Waals surface area contributed by atoms with Crippen molar-refractivity contribution in [3.63, 3.8) is 0 Å². The zero-order chi connectivity index (χ0) is 12.4. The summed E-state index contributed by atoms with van der Waals surface area (Å²) in [5, 5.41) is 13.0. The van der Waals surface area contributed by atoms with E-state index in [0.29, 0.717) is 5.92 Å². The molecule has 2 N–H and O–H groups in total. The molecule has 0 bridgehead atoms. The molecule has 1 saturated heterocycles. The summed E-state index contributed by atoms with van der Waals surface area (Å²) in [7, 11) is 0. The van der Waals surface area contributed by atoms with Crippen molar-refractivity contribution in [1.29, 1.82) is 0 Å².